The lowest BCUT2D eigenvalue weighted by molar-refractivity contribution is 0.0505. The summed E-state index contributed by atoms with van der Waals surface area (Å²) in [6, 6.07) is 6.90. The Balaban J connectivity index is 2.85. The molecule has 0 aliphatic rings. The maximum absolute atomic E-state index is 11.9. The summed E-state index contributed by atoms with van der Waals surface area (Å²) in [5.41, 5.74) is 2.61. The molecule has 0 aliphatic heterocycles. The molecule has 1 aromatic rings. The van der Waals surface area contributed by atoms with Gasteiger partial charge in [0.25, 0.3) is 0 Å². The Morgan fingerprint density at radius 2 is 1.78 bits per heavy atom. The second-order valence-corrected chi connectivity index (χ2v) is 6.31. The van der Waals surface area contributed by atoms with Crippen LogP contribution >= 0.6 is 0 Å². The zero-order valence-electron chi connectivity index (χ0n) is 16.9. The Labute approximate surface area is 162 Å². The van der Waals surface area contributed by atoms with Crippen LogP contribution in [0.2, 0.25) is 0 Å². The summed E-state index contributed by atoms with van der Waals surface area (Å²) in [6.45, 7) is 5.08. The predicted molar refractivity (Wildman–Crippen MR) is 109 cm³/mol. The van der Waals surface area contributed by atoms with E-state index in [1.54, 1.807) is 38.4 Å². The van der Waals surface area contributed by atoms with E-state index in [0.717, 1.165) is 50.0 Å². The molecular weight excluding hydrogens is 344 g/mol. The molecule has 0 saturated carbocycles. The van der Waals surface area contributed by atoms with Crippen molar-refractivity contribution in [1.82, 2.24) is 5.32 Å². The molecule has 150 valence electrons. The standard InChI is InChI=1S/C21H32N2O4/c1-5-14-27-21(25)18-12-10-17(11-13-18)19(20(24)22-3)23-16(2)9-7-6-8-15-26-4/h10-13,22,24H,5-9,14-15H2,1-4H3/b20-19+,23-16+. The molecule has 6 nitrogen and oxygen atoms in total. The summed E-state index contributed by atoms with van der Waals surface area (Å²) in [5.74, 6) is -0.349. The number of aliphatic imine (C=N–C) groups is 1. The maximum Gasteiger partial charge on any atom is 0.338 e. The lowest BCUT2D eigenvalue weighted by atomic mass is 10.1. The number of hydrogen-bond donors (Lipinski definition) is 2. The largest absolute Gasteiger partial charge is 0.493 e. The van der Waals surface area contributed by atoms with Crippen molar-refractivity contribution in [2.24, 2.45) is 4.99 Å². The predicted octanol–water partition coefficient (Wildman–Crippen LogP) is 4.32. The van der Waals surface area contributed by atoms with Crippen molar-refractivity contribution in [1.29, 1.82) is 0 Å². The zero-order valence-corrected chi connectivity index (χ0v) is 16.9. The lowest BCUT2D eigenvalue weighted by Gasteiger charge is -2.10. The van der Waals surface area contributed by atoms with Crippen LogP contribution in [0, 0.1) is 0 Å². The summed E-state index contributed by atoms with van der Waals surface area (Å²) in [7, 11) is 3.35. The number of unbranched alkanes of at least 4 members (excludes halogenated alkanes) is 2. The third-order valence-electron chi connectivity index (χ3n) is 3.98. The highest BCUT2D eigenvalue weighted by atomic mass is 16.5. The van der Waals surface area contributed by atoms with Gasteiger partial charge in [0.05, 0.1) is 12.2 Å². The van der Waals surface area contributed by atoms with Crippen LogP contribution in [0.15, 0.2) is 35.1 Å². The number of nitrogens with one attached hydrogen (secondary N) is 1. The third kappa shape index (κ3) is 8.26. The number of rotatable bonds is 12. The first kappa shape index (κ1) is 22.7. The first-order chi connectivity index (χ1) is 13.0. The van der Waals surface area contributed by atoms with Crippen LogP contribution in [0.5, 0.6) is 0 Å². The quantitative estimate of drug-likeness (QED) is 0.246. The number of esters is 1. The van der Waals surface area contributed by atoms with E-state index in [2.05, 4.69) is 10.3 Å². The fourth-order valence-electron chi connectivity index (χ4n) is 2.47. The number of ether oxygens (including phenoxy) is 2. The Morgan fingerprint density at radius 1 is 1.11 bits per heavy atom. The van der Waals surface area contributed by atoms with Gasteiger partial charge in [-0.15, -0.1) is 0 Å². The minimum Gasteiger partial charge on any atom is -0.493 e. The lowest BCUT2D eigenvalue weighted by Crippen LogP contribution is -2.09. The molecule has 0 atom stereocenters. The molecule has 0 aromatic heterocycles. The van der Waals surface area contributed by atoms with E-state index in [9.17, 15) is 9.90 Å². The SMILES string of the molecule is CCCOC(=O)c1ccc(C(/N=C(\C)CCCCCOC)=C(\O)NC)cc1. The Hall–Kier alpha value is -2.34. The van der Waals surface area contributed by atoms with Gasteiger partial charge < -0.3 is 19.9 Å². The van der Waals surface area contributed by atoms with Crippen LogP contribution in [0.3, 0.4) is 0 Å². The van der Waals surface area contributed by atoms with Crippen LogP contribution in [0.1, 0.15) is 61.9 Å². The molecule has 0 unspecified atom stereocenters. The Morgan fingerprint density at radius 3 is 2.37 bits per heavy atom. The van der Waals surface area contributed by atoms with Gasteiger partial charge in [-0.25, -0.2) is 4.79 Å². The minimum atomic E-state index is -0.345. The molecule has 0 radical (unpaired) electrons. The van der Waals surface area contributed by atoms with Crippen molar-refractivity contribution in [3.8, 4) is 0 Å². The Bertz CT molecular complexity index is 636. The van der Waals surface area contributed by atoms with Gasteiger partial charge in [0.15, 0.2) is 0 Å². The number of benzene rings is 1. The molecular formula is C21H32N2O4. The van der Waals surface area contributed by atoms with Crippen molar-refractivity contribution >= 4 is 17.4 Å². The van der Waals surface area contributed by atoms with E-state index in [0.29, 0.717) is 17.9 Å². The van der Waals surface area contributed by atoms with Crippen molar-refractivity contribution in [3.63, 3.8) is 0 Å². The summed E-state index contributed by atoms with van der Waals surface area (Å²) >= 11 is 0. The monoisotopic (exact) mass is 376 g/mol. The number of carbonyl (C=O) groups is 1. The van der Waals surface area contributed by atoms with Crippen molar-refractivity contribution < 1.29 is 19.4 Å². The molecule has 1 aromatic carbocycles. The average Bonchev–Trinajstić information content (AvgIpc) is 2.69. The second kappa shape index (κ2) is 12.9. The fourth-order valence-corrected chi connectivity index (χ4v) is 2.47. The van der Waals surface area contributed by atoms with Crippen LogP contribution in [-0.4, -0.2) is 44.2 Å². The highest BCUT2D eigenvalue weighted by molar-refractivity contribution is 5.91. The van der Waals surface area contributed by atoms with Gasteiger partial charge in [0.2, 0.25) is 5.88 Å². The number of aliphatic hydroxyl groups excluding tert-OH is 1. The third-order valence-corrected chi connectivity index (χ3v) is 3.98. The van der Waals surface area contributed by atoms with Crippen LogP contribution in [0.4, 0.5) is 0 Å². The molecule has 0 bridgehead atoms. The first-order valence-electron chi connectivity index (χ1n) is 9.45. The molecule has 27 heavy (non-hydrogen) atoms. The molecule has 1 rings (SSSR count). The molecule has 0 aliphatic carbocycles. The van der Waals surface area contributed by atoms with Gasteiger partial charge in [0, 0.05) is 32.0 Å². The summed E-state index contributed by atoms with van der Waals surface area (Å²) in [5, 5.41) is 12.9. The van der Waals surface area contributed by atoms with E-state index in [1.165, 1.54) is 0 Å². The van der Waals surface area contributed by atoms with Gasteiger partial charge >= 0.3 is 5.97 Å². The Kier molecular flexibility index (Phi) is 10.9. The zero-order chi connectivity index (χ0) is 20.1. The van der Waals surface area contributed by atoms with Crippen LogP contribution < -0.4 is 5.32 Å². The molecule has 6 heteroatoms. The number of aliphatic hydroxyl groups is 1. The summed E-state index contributed by atoms with van der Waals surface area (Å²) < 4.78 is 10.2. The van der Waals surface area contributed by atoms with E-state index < -0.39 is 0 Å². The van der Waals surface area contributed by atoms with Crippen molar-refractivity contribution in [2.75, 3.05) is 27.4 Å². The molecule has 2 N–H and O–H groups in total. The molecule has 0 fully saturated rings. The van der Waals surface area contributed by atoms with E-state index in [1.807, 2.05) is 13.8 Å². The number of methoxy groups -OCH3 is 1. The molecule has 0 heterocycles. The molecule has 0 saturated heterocycles. The van der Waals surface area contributed by atoms with Crippen molar-refractivity contribution in [2.45, 2.75) is 46.0 Å². The van der Waals surface area contributed by atoms with Gasteiger partial charge in [-0.05, 0) is 44.7 Å². The van der Waals surface area contributed by atoms with Crippen molar-refractivity contribution in [3.05, 3.63) is 41.3 Å². The minimum absolute atomic E-state index is 0.00459. The number of hydrogen-bond acceptors (Lipinski definition) is 6. The second-order valence-electron chi connectivity index (χ2n) is 6.31. The van der Waals surface area contributed by atoms with Gasteiger partial charge in [-0.1, -0.05) is 25.5 Å². The summed E-state index contributed by atoms with van der Waals surface area (Å²) in [4.78, 5) is 16.5. The topological polar surface area (TPSA) is 80.2 Å². The van der Waals surface area contributed by atoms with Crippen LogP contribution in [0.25, 0.3) is 5.70 Å². The smallest absolute Gasteiger partial charge is 0.338 e. The van der Waals surface area contributed by atoms with E-state index in [4.69, 9.17) is 9.47 Å². The fraction of sp³-hybridized carbons (Fsp3) is 0.524. The van der Waals surface area contributed by atoms with Gasteiger partial charge in [-0.2, -0.15) is 0 Å². The highest BCUT2D eigenvalue weighted by Crippen LogP contribution is 2.20. The van der Waals surface area contributed by atoms with Crippen LogP contribution in [-0.2, 0) is 9.47 Å². The van der Waals surface area contributed by atoms with E-state index >= 15 is 0 Å². The highest BCUT2D eigenvalue weighted by Gasteiger charge is 2.11. The number of nitrogens with zero attached hydrogens (tertiary/aromatic N) is 1. The van der Waals surface area contributed by atoms with Gasteiger partial charge in [-0.3, -0.25) is 4.99 Å². The molecule has 0 amide bonds. The number of carbonyl (C=O) groups excluding carboxylic acids is 1. The maximum atomic E-state index is 11.9. The normalized spacial score (nSPS) is 12.5. The average molecular weight is 376 g/mol. The van der Waals surface area contributed by atoms with Gasteiger partial charge in [0.1, 0.15) is 5.70 Å². The first-order valence-corrected chi connectivity index (χ1v) is 9.45. The van der Waals surface area contributed by atoms with E-state index in [-0.39, 0.29) is 11.9 Å². The molecule has 0 spiro atoms. The summed E-state index contributed by atoms with van der Waals surface area (Å²) in [6.07, 6.45) is 4.77.